The molecule has 0 aliphatic carbocycles. The molecule has 9 heteroatoms. The lowest BCUT2D eigenvalue weighted by molar-refractivity contribution is 0.107. The SMILES string of the molecule is C[B]C(=O)c1cc(CN(N)/C=C(\N)c2c(-c3ccc(Cl)cc3)nc3ccccn23)ccc1Cl. The van der Waals surface area contributed by atoms with Gasteiger partial charge in [-0.2, -0.15) is 0 Å². The zero-order chi connectivity index (χ0) is 23.5. The minimum absolute atomic E-state index is 0.140. The maximum atomic E-state index is 12.1. The number of carbonyl (C=O) groups is 1. The summed E-state index contributed by atoms with van der Waals surface area (Å²) in [5, 5.41) is 2.51. The average Bonchev–Trinajstić information content (AvgIpc) is 3.20. The highest BCUT2D eigenvalue weighted by Gasteiger charge is 2.17. The number of hydrazine groups is 1. The molecule has 0 amide bonds. The van der Waals surface area contributed by atoms with Crippen LogP contribution in [0.15, 0.2) is 73.1 Å². The third-order valence-electron chi connectivity index (χ3n) is 5.15. The van der Waals surface area contributed by atoms with Gasteiger partial charge in [0.1, 0.15) is 11.3 Å². The number of pyridine rings is 1. The lowest BCUT2D eigenvalue weighted by atomic mass is 9.73. The van der Waals surface area contributed by atoms with Crippen LogP contribution in [-0.2, 0) is 6.54 Å². The summed E-state index contributed by atoms with van der Waals surface area (Å²) in [7, 11) is 1.48. The van der Waals surface area contributed by atoms with E-state index in [0.717, 1.165) is 28.2 Å². The molecule has 1 radical (unpaired) electrons. The summed E-state index contributed by atoms with van der Waals surface area (Å²) in [5.41, 5.74) is 11.2. The number of carbonyl (C=O) groups excluding carboxylic acids is 1. The minimum Gasteiger partial charge on any atom is -0.396 e. The van der Waals surface area contributed by atoms with Crippen molar-refractivity contribution in [1.82, 2.24) is 14.4 Å². The first kappa shape index (κ1) is 22.9. The van der Waals surface area contributed by atoms with E-state index >= 15 is 0 Å². The Hall–Kier alpha value is -3.26. The van der Waals surface area contributed by atoms with Gasteiger partial charge in [-0.1, -0.05) is 54.3 Å². The van der Waals surface area contributed by atoms with Gasteiger partial charge in [-0.25, -0.2) is 10.8 Å². The first-order chi connectivity index (χ1) is 15.9. The van der Waals surface area contributed by atoms with Crippen LogP contribution in [0.1, 0.15) is 21.6 Å². The Morgan fingerprint density at radius 1 is 1.15 bits per heavy atom. The van der Waals surface area contributed by atoms with Crippen LogP contribution < -0.4 is 11.6 Å². The van der Waals surface area contributed by atoms with Crippen LogP contribution in [0.2, 0.25) is 16.9 Å². The van der Waals surface area contributed by atoms with Crippen LogP contribution in [0.3, 0.4) is 0 Å². The van der Waals surface area contributed by atoms with E-state index in [1.807, 2.05) is 59.1 Å². The summed E-state index contributed by atoms with van der Waals surface area (Å²) >= 11 is 12.2. The van der Waals surface area contributed by atoms with Gasteiger partial charge in [0.25, 0.3) is 0 Å². The van der Waals surface area contributed by atoms with E-state index < -0.39 is 0 Å². The molecule has 0 saturated heterocycles. The first-order valence-electron chi connectivity index (χ1n) is 10.2. The standard InChI is InChI=1S/C24H21BCl2N5O/c1-25-24(33)18-12-15(5-10-19(18)27)13-31(29)14-20(28)23-22(16-6-8-17(26)9-7-16)30-21-4-2-3-11-32(21)23/h2-12,14H,13,28-29H2,1H3/b20-14-. The lowest BCUT2D eigenvalue weighted by Gasteiger charge is -2.16. The maximum absolute atomic E-state index is 12.1. The Balaban J connectivity index is 1.69. The second-order valence-corrected chi connectivity index (χ2v) is 8.31. The molecule has 4 aromatic rings. The summed E-state index contributed by atoms with van der Waals surface area (Å²) in [5.74, 6) is 6.27. The molecule has 0 bridgehead atoms. The highest BCUT2D eigenvalue weighted by atomic mass is 35.5. The fraction of sp³-hybridized carbons (Fsp3) is 0.0833. The molecule has 0 aliphatic rings. The zero-order valence-corrected chi connectivity index (χ0v) is 19.4. The van der Waals surface area contributed by atoms with Crippen LogP contribution in [0.25, 0.3) is 22.6 Å². The van der Waals surface area contributed by atoms with Crippen molar-refractivity contribution >= 4 is 47.5 Å². The topological polar surface area (TPSA) is 89.6 Å². The van der Waals surface area contributed by atoms with Gasteiger partial charge in [-0.15, -0.1) is 0 Å². The molecule has 0 fully saturated rings. The van der Waals surface area contributed by atoms with E-state index in [0.29, 0.717) is 27.9 Å². The summed E-state index contributed by atoms with van der Waals surface area (Å²) in [4.78, 5) is 16.8. The van der Waals surface area contributed by atoms with E-state index in [9.17, 15) is 4.79 Å². The van der Waals surface area contributed by atoms with E-state index in [4.69, 9.17) is 39.8 Å². The number of imidazole rings is 1. The highest BCUT2D eigenvalue weighted by Crippen LogP contribution is 2.29. The van der Waals surface area contributed by atoms with Gasteiger partial charge in [0.05, 0.1) is 28.7 Å². The van der Waals surface area contributed by atoms with Crippen molar-refractivity contribution < 1.29 is 4.79 Å². The summed E-state index contributed by atoms with van der Waals surface area (Å²) < 4.78 is 1.92. The van der Waals surface area contributed by atoms with Gasteiger partial charge in [-0.3, -0.25) is 4.40 Å². The van der Waals surface area contributed by atoms with Gasteiger partial charge in [0.15, 0.2) is 0 Å². The number of nitrogens with zero attached hydrogens (tertiary/aromatic N) is 3. The number of hydrogen-bond donors (Lipinski definition) is 2. The molecule has 2 aromatic heterocycles. The molecule has 33 heavy (non-hydrogen) atoms. The monoisotopic (exact) mass is 476 g/mol. The third kappa shape index (κ3) is 4.90. The van der Waals surface area contributed by atoms with Crippen LogP contribution >= 0.6 is 23.2 Å². The molecule has 0 atom stereocenters. The Kier molecular flexibility index (Phi) is 6.74. The van der Waals surface area contributed by atoms with Crippen molar-refractivity contribution in [3.05, 3.63) is 99.9 Å². The number of fused-ring (bicyclic) bond motifs is 1. The summed E-state index contributed by atoms with van der Waals surface area (Å²) in [6, 6.07) is 18.4. The second-order valence-electron chi connectivity index (χ2n) is 7.47. The van der Waals surface area contributed by atoms with Crippen LogP contribution in [-0.4, -0.2) is 27.4 Å². The Morgan fingerprint density at radius 2 is 1.91 bits per heavy atom. The quantitative estimate of drug-likeness (QED) is 0.226. The maximum Gasteiger partial charge on any atom is 0.205 e. The predicted octanol–water partition coefficient (Wildman–Crippen LogP) is 4.83. The van der Waals surface area contributed by atoms with Gasteiger partial charge >= 0.3 is 0 Å². The van der Waals surface area contributed by atoms with Crippen molar-refractivity contribution in [2.24, 2.45) is 11.6 Å². The van der Waals surface area contributed by atoms with E-state index in [1.165, 1.54) is 12.3 Å². The zero-order valence-electron chi connectivity index (χ0n) is 17.9. The molecule has 165 valence electrons. The van der Waals surface area contributed by atoms with Gasteiger partial charge in [0, 0.05) is 28.5 Å². The normalized spacial score (nSPS) is 11.6. The molecule has 2 aromatic carbocycles. The van der Waals surface area contributed by atoms with Crippen LogP contribution in [0, 0.1) is 0 Å². The molecule has 2 heterocycles. The van der Waals surface area contributed by atoms with Gasteiger partial charge in [0.2, 0.25) is 7.28 Å². The Morgan fingerprint density at radius 3 is 2.64 bits per heavy atom. The van der Waals surface area contributed by atoms with E-state index in [2.05, 4.69) is 0 Å². The molecule has 4 rings (SSSR count). The van der Waals surface area contributed by atoms with Crippen molar-refractivity contribution in [2.75, 3.05) is 0 Å². The van der Waals surface area contributed by atoms with E-state index in [1.54, 1.807) is 25.2 Å². The molecule has 0 spiro atoms. The molecule has 0 aliphatic heterocycles. The number of nitrogens with two attached hydrogens (primary N) is 2. The Bertz CT molecular complexity index is 1350. The lowest BCUT2D eigenvalue weighted by Crippen LogP contribution is -2.26. The fourth-order valence-corrected chi connectivity index (χ4v) is 3.93. The number of rotatable bonds is 7. The molecule has 0 unspecified atom stereocenters. The van der Waals surface area contributed by atoms with Gasteiger partial charge in [-0.05, 0) is 42.0 Å². The molecule has 0 saturated carbocycles. The van der Waals surface area contributed by atoms with Crippen molar-refractivity contribution in [3.63, 3.8) is 0 Å². The average molecular weight is 477 g/mol. The minimum atomic E-state index is -0.140. The number of halogens is 2. The molecular formula is C24H21BCl2N5O. The van der Waals surface area contributed by atoms with Crippen molar-refractivity contribution in [2.45, 2.75) is 13.4 Å². The van der Waals surface area contributed by atoms with Crippen molar-refractivity contribution in [3.8, 4) is 11.3 Å². The number of hydrogen-bond acceptors (Lipinski definition) is 5. The summed E-state index contributed by atoms with van der Waals surface area (Å²) in [6.45, 7) is 2.01. The number of aromatic nitrogens is 2. The highest BCUT2D eigenvalue weighted by molar-refractivity contribution is 6.77. The fourth-order valence-electron chi connectivity index (χ4n) is 3.59. The third-order valence-corrected chi connectivity index (χ3v) is 5.73. The first-order valence-corrected chi connectivity index (χ1v) is 11.0. The largest absolute Gasteiger partial charge is 0.396 e. The summed E-state index contributed by atoms with van der Waals surface area (Å²) in [6.07, 6.45) is 3.55. The molecule has 6 nitrogen and oxygen atoms in total. The Labute approximate surface area is 202 Å². The smallest absolute Gasteiger partial charge is 0.205 e. The molecular weight excluding hydrogens is 456 g/mol. The molecule has 4 N–H and O–H groups in total. The number of benzene rings is 2. The van der Waals surface area contributed by atoms with Crippen LogP contribution in [0.4, 0.5) is 0 Å². The van der Waals surface area contributed by atoms with E-state index in [-0.39, 0.29) is 5.68 Å². The van der Waals surface area contributed by atoms with Crippen molar-refractivity contribution in [1.29, 1.82) is 0 Å². The second kappa shape index (κ2) is 9.71. The predicted molar refractivity (Wildman–Crippen MR) is 135 cm³/mol. The van der Waals surface area contributed by atoms with Gasteiger partial charge < -0.3 is 15.5 Å². The van der Waals surface area contributed by atoms with Crippen LogP contribution in [0.5, 0.6) is 0 Å².